The molecule has 0 radical (unpaired) electrons. The van der Waals surface area contributed by atoms with Gasteiger partial charge >= 0.3 is 5.97 Å². The average Bonchev–Trinajstić information content (AvgIpc) is 2.25. The molecule has 0 spiro atoms. The lowest BCUT2D eigenvalue weighted by molar-refractivity contribution is 0.0593. The minimum absolute atomic E-state index is 0.169. The Kier molecular flexibility index (Phi) is 4.23. The molecule has 0 bridgehead atoms. The number of halogens is 1. The fourth-order valence-electron chi connectivity index (χ4n) is 0.841. The highest BCUT2D eigenvalue weighted by Gasteiger charge is 2.07. The zero-order chi connectivity index (χ0) is 11.3. The van der Waals surface area contributed by atoms with E-state index >= 15 is 0 Å². The molecule has 0 saturated heterocycles. The number of aromatic nitrogens is 2. The van der Waals surface area contributed by atoms with E-state index in [1.807, 2.05) is 0 Å². The Hall–Kier alpha value is -1.43. The Balaban J connectivity index is 2.74. The third-order valence-electron chi connectivity index (χ3n) is 1.49. The number of methoxy groups -OCH3 is 1. The highest BCUT2D eigenvalue weighted by Crippen LogP contribution is 2.06. The van der Waals surface area contributed by atoms with Crippen molar-refractivity contribution in [1.29, 1.82) is 0 Å². The standard InChI is InChI=1S/C9H10BrN3O2/c1-6(10)3-12-8-5-11-4-7(13-8)9(14)15-2/h4-5H,1,3H2,2H3,(H,12,13). The Labute approximate surface area is 95.7 Å². The van der Waals surface area contributed by atoms with Gasteiger partial charge in [-0.3, -0.25) is 4.98 Å². The summed E-state index contributed by atoms with van der Waals surface area (Å²) in [6.07, 6.45) is 2.86. The number of carbonyl (C=O) groups is 1. The Morgan fingerprint density at radius 2 is 2.40 bits per heavy atom. The topological polar surface area (TPSA) is 64.1 Å². The number of anilines is 1. The molecule has 1 N–H and O–H groups in total. The molecular formula is C9H10BrN3O2. The number of carbonyl (C=O) groups excluding carboxylic acids is 1. The molecule has 0 amide bonds. The average molecular weight is 272 g/mol. The summed E-state index contributed by atoms with van der Waals surface area (Å²) in [4.78, 5) is 19.0. The van der Waals surface area contributed by atoms with Crippen LogP contribution in [0.25, 0.3) is 0 Å². The van der Waals surface area contributed by atoms with Crippen molar-refractivity contribution in [2.75, 3.05) is 19.0 Å². The lowest BCUT2D eigenvalue weighted by atomic mass is 10.4. The van der Waals surface area contributed by atoms with E-state index in [0.717, 1.165) is 4.48 Å². The second kappa shape index (κ2) is 5.45. The summed E-state index contributed by atoms with van der Waals surface area (Å²) >= 11 is 3.20. The molecule has 0 aliphatic carbocycles. The normalized spacial score (nSPS) is 9.47. The van der Waals surface area contributed by atoms with Crippen LogP contribution in [0.3, 0.4) is 0 Å². The molecule has 15 heavy (non-hydrogen) atoms. The third-order valence-corrected chi connectivity index (χ3v) is 1.77. The lowest BCUT2D eigenvalue weighted by Crippen LogP contribution is -2.09. The van der Waals surface area contributed by atoms with Gasteiger partial charge in [0.15, 0.2) is 5.69 Å². The van der Waals surface area contributed by atoms with Gasteiger partial charge in [0.25, 0.3) is 0 Å². The highest BCUT2D eigenvalue weighted by atomic mass is 79.9. The van der Waals surface area contributed by atoms with Crippen LogP contribution in [0.2, 0.25) is 0 Å². The maximum Gasteiger partial charge on any atom is 0.358 e. The first-order valence-corrected chi connectivity index (χ1v) is 4.90. The number of nitrogens with zero attached hydrogens (tertiary/aromatic N) is 2. The van der Waals surface area contributed by atoms with Gasteiger partial charge in [-0.15, -0.1) is 0 Å². The molecule has 1 aromatic heterocycles. The summed E-state index contributed by atoms with van der Waals surface area (Å²) < 4.78 is 5.31. The summed E-state index contributed by atoms with van der Waals surface area (Å²) in [6, 6.07) is 0. The number of rotatable bonds is 4. The van der Waals surface area contributed by atoms with Crippen molar-refractivity contribution in [2.45, 2.75) is 0 Å². The molecule has 1 aromatic rings. The largest absolute Gasteiger partial charge is 0.464 e. The van der Waals surface area contributed by atoms with E-state index in [1.165, 1.54) is 19.5 Å². The van der Waals surface area contributed by atoms with Crippen LogP contribution >= 0.6 is 15.9 Å². The summed E-state index contributed by atoms with van der Waals surface area (Å²) in [7, 11) is 1.30. The molecule has 5 nitrogen and oxygen atoms in total. The monoisotopic (exact) mass is 271 g/mol. The molecular weight excluding hydrogens is 262 g/mol. The van der Waals surface area contributed by atoms with Crippen molar-refractivity contribution >= 4 is 27.7 Å². The van der Waals surface area contributed by atoms with Gasteiger partial charge < -0.3 is 10.1 Å². The predicted molar refractivity (Wildman–Crippen MR) is 59.9 cm³/mol. The van der Waals surface area contributed by atoms with Crippen molar-refractivity contribution in [3.05, 3.63) is 29.1 Å². The van der Waals surface area contributed by atoms with Gasteiger partial charge in [-0.05, 0) is 0 Å². The first kappa shape index (κ1) is 11.6. The second-order valence-electron chi connectivity index (χ2n) is 2.65. The van der Waals surface area contributed by atoms with E-state index < -0.39 is 5.97 Å². The second-order valence-corrected chi connectivity index (χ2v) is 3.77. The molecule has 80 valence electrons. The van der Waals surface area contributed by atoms with Crippen molar-refractivity contribution in [1.82, 2.24) is 9.97 Å². The van der Waals surface area contributed by atoms with Crippen LogP contribution in [0.1, 0.15) is 10.5 Å². The van der Waals surface area contributed by atoms with E-state index in [-0.39, 0.29) is 5.69 Å². The van der Waals surface area contributed by atoms with Crippen LogP contribution in [-0.2, 0) is 4.74 Å². The molecule has 0 aliphatic heterocycles. The highest BCUT2D eigenvalue weighted by molar-refractivity contribution is 9.11. The van der Waals surface area contributed by atoms with E-state index in [2.05, 4.69) is 42.5 Å². The fraction of sp³-hybridized carbons (Fsp3) is 0.222. The minimum atomic E-state index is -0.510. The molecule has 0 saturated carbocycles. The number of esters is 1. The summed E-state index contributed by atoms with van der Waals surface area (Å²) in [5.41, 5.74) is 0.169. The predicted octanol–water partition coefficient (Wildman–Crippen LogP) is 1.58. The van der Waals surface area contributed by atoms with Crippen molar-refractivity contribution < 1.29 is 9.53 Å². The summed E-state index contributed by atoms with van der Waals surface area (Å²) in [5.74, 6) is -0.0117. The minimum Gasteiger partial charge on any atom is -0.464 e. The maximum absolute atomic E-state index is 11.1. The van der Waals surface area contributed by atoms with Crippen molar-refractivity contribution in [2.24, 2.45) is 0 Å². The zero-order valence-electron chi connectivity index (χ0n) is 8.16. The van der Waals surface area contributed by atoms with Gasteiger partial charge in [0.05, 0.1) is 19.5 Å². The van der Waals surface area contributed by atoms with Crippen molar-refractivity contribution in [3.8, 4) is 0 Å². The quantitative estimate of drug-likeness (QED) is 0.843. The van der Waals surface area contributed by atoms with Crippen LogP contribution in [0.4, 0.5) is 5.82 Å². The van der Waals surface area contributed by atoms with E-state index in [0.29, 0.717) is 12.4 Å². The van der Waals surface area contributed by atoms with Crippen LogP contribution < -0.4 is 5.32 Å². The molecule has 1 rings (SSSR count). The van der Waals surface area contributed by atoms with Crippen LogP contribution in [0.5, 0.6) is 0 Å². The zero-order valence-corrected chi connectivity index (χ0v) is 9.74. The number of nitrogens with one attached hydrogen (secondary N) is 1. The smallest absolute Gasteiger partial charge is 0.358 e. The Bertz CT molecular complexity index is 381. The van der Waals surface area contributed by atoms with Crippen molar-refractivity contribution in [3.63, 3.8) is 0 Å². The van der Waals surface area contributed by atoms with E-state index in [4.69, 9.17) is 0 Å². The molecule has 0 atom stereocenters. The number of hydrogen-bond donors (Lipinski definition) is 1. The Morgan fingerprint density at radius 3 is 3.00 bits per heavy atom. The lowest BCUT2D eigenvalue weighted by Gasteiger charge is -2.04. The maximum atomic E-state index is 11.1. The SMILES string of the molecule is C=C(Br)CNc1cncc(C(=O)OC)n1. The van der Waals surface area contributed by atoms with Crippen LogP contribution in [0.15, 0.2) is 23.5 Å². The molecule has 6 heteroatoms. The number of ether oxygens (including phenoxy) is 1. The first-order valence-electron chi connectivity index (χ1n) is 4.11. The van der Waals surface area contributed by atoms with Gasteiger partial charge in [-0.2, -0.15) is 0 Å². The summed E-state index contributed by atoms with van der Waals surface area (Å²) in [5, 5.41) is 2.94. The van der Waals surface area contributed by atoms with Gasteiger partial charge in [0, 0.05) is 11.0 Å². The first-order chi connectivity index (χ1) is 7.13. The summed E-state index contributed by atoms with van der Waals surface area (Å²) in [6.45, 7) is 4.17. The van der Waals surface area contributed by atoms with Gasteiger partial charge in [-0.25, -0.2) is 9.78 Å². The molecule has 0 aromatic carbocycles. The molecule has 0 aliphatic rings. The van der Waals surface area contributed by atoms with Crippen LogP contribution in [-0.4, -0.2) is 29.6 Å². The molecule has 1 heterocycles. The molecule has 0 unspecified atom stereocenters. The Morgan fingerprint density at radius 1 is 1.67 bits per heavy atom. The van der Waals surface area contributed by atoms with Gasteiger partial charge in [-0.1, -0.05) is 22.5 Å². The van der Waals surface area contributed by atoms with Gasteiger partial charge in [0.1, 0.15) is 5.82 Å². The van der Waals surface area contributed by atoms with Gasteiger partial charge in [0.2, 0.25) is 0 Å². The van der Waals surface area contributed by atoms with E-state index in [9.17, 15) is 4.79 Å². The van der Waals surface area contributed by atoms with E-state index in [1.54, 1.807) is 0 Å². The third kappa shape index (κ3) is 3.67. The fourth-order valence-corrected chi connectivity index (χ4v) is 0.981. The van der Waals surface area contributed by atoms with Crippen LogP contribution in [0, 0.1) is 0 Å². The number of hydrogen-bond acceptors (Lipinski definition) is 5. The molecule has 0 fully saturated rings.